The van der Waals surface area contributed by atoms with Crippen molar-refractivity contribution in [1.29, 1.82) is 0 Å². The number of aromatic nitrogens is 2. The molecule has 1 N–H and O–H groups in total. The van der Waals surface area contributed by atoms with Gasteiger partial charge in [0.2, 0.25) is 5.13 Å². The Bertz CT molecular complexity index is 919. The van der Waals surface area contributed by atoms with Gasteiger partial charge in [-0.05, 0) is 44.9 Å². The summed E-state index contributed by atoms with van der Waals surface area (Å²) >= 11 is 1.34. The van der Waals surface area contributed by atoms with Crippen LogP contribution in [0.2, 0.25) is 0 Å². The summed E-state index contributed by atoms with van der Waals surface area (Å²) in [6.45, 7) is 7.70. The lowest BCUT2D eigenvalue weighted by atomic mass is 10.1. The van der Waals surface area contributed by atoms with Crippen LogP contribution in [0.3, 0.4) is 0 Å². The van der Waals surface area contributed by atoms with E-state index in [4.69, 9.17) is 4.74 Å². The largest absolute Gasteiger partial charge is 0.481 e. The number of carbonyl (C=O) groups excluding carboxylic acids is 1. The second kappa shape index (κ2) is 7.66. The molecule has 0 aliphatic carbocycles. The van der Waals surface area contributed by atoms with Gasteiger partial charge in [-0.3, -0.25) is 10.1 Å². The van der Waals surface area contributed by atoms with Crippen molar-refractivity contribution in [3.05, 3.63) is 59.2 Å². The molecule has 0 bridgehead atoms. The molecule has 26 heavy (non-hydrogen) atoms. The minimum atomic E-state index is -0.637. The molecule has 134 valence electrons. The van der Waals surface area contributed by atoms with Crippen LogP contribution in [0.4, 0.5) is 5.13 Å². The first-order chi connectivity index (χ1) is 12.4. The number of aryl methyl sites for hydroxylation is 3. The molecule has 0 aliphatic heterocycles. The number of benzene rings is 2. The highest BCUT2D eigenvalue weighted by atomic mass is 32.1. The Morgan fingerprint density at radius 1 is 1.04 bits per heavy atom. The maximum absolute atomic E-state index is 12.4. The first-order valence-electron chi connectivity index (χ1n) is 8.37. The lowest BCUT2D eigenvalue weighted by Gasteiger charge is -2.15. The Labute approximate surface area is 157 Å². The van der Waals surface area contributed by atoms with Crippen molar-refractivity contribution in [1.82, 2.24) is 10.2 Å². The second-order valence-electron chi connectivity index (χ2n) is 6.30. The van der Waals surface area contributed by atoms with Gasteiger partial charge in [-0.1, -0.05) is 53.3 Å². The molecule has 0 radical (unpaired) electrons. The maximum Gasteiger partial charge on any atom is 0.266 e. The van der Waals surface area contributed by atoms with Crippen LogP contribution >= 0.6 is 11.3 Å². The maximum atomic E-state index is 12.4. The summed E-state index contributed by atoms with van der Waals surface area (Å²) in [5.41, 5.74) is 4.25. The van der Waals surface area contributed by atoms with Gasteiger partial charge in [0.1, 0.15) is 10.8 Å². The van der Waals surface area contributed by atoms with E-state index >= 15 is 0 Å². The number of ether oxygens (including phenoxy) is 1. The normalized spacial score (nSPS) is 11.8. The molecule has 3 rings (SSSR count). The Morgan fingerprint density at radius 3 is 2.46 bits per heavy atom. The van der Waals surface area contributed by atoms with Gasteiger partial charge < -0.3 is 4.74 Å². The van der Waals surface area contributed by atoms with Crippen molar-refractivity contribution in [3.8, 4) is 16.3 Å². The number of anilines is 1. The van der Waals surface area contributed by atoms with E-state index in [2.05, 4.69) is 15.5 Å². The molecular weight excluding hydrogens is 346 g/mol. The van der Waals surface area contributed by atoms with E-state index in [0.29, 0.717) is 10.9 Å². The van der Waals surface area contributed by atoms with E-state index in [0.717, 1.165) is 21.7 Å². The number of hydrogen-bond donors (Lipinski definition) is 1. The van der Waals surface area contributed by atoms with Gasteiger partial charge in [-0.25, -0.2) is 0 Å². The summed E-state index contributed by atoms with van der Waals surface area (Å²) in [5.74, 6) is 0.461. The van der Waals surface area contributed by atoms with E-state index in [1.54, 1.807) is 6.92 Å². The molecule has 3 aromatic rings. The molecule has 0 unspecified atom stereocenters. The van der Waals surface area contributed by atoms with Crippen molar-refractivity contribution in [2.45, 2.75) is 33.8 Å². The summed E-state index contributed by atoms with van der Waals surface area (Å²) in [6, 6.07) is 14.0. The van der Waals surface area contributed by atoms with Crippen LogP contribution in [0.5, 0.6) is 5.75 Å². The summed E-state index contributed by atoms with van der Waals surface area (Å²) < 4.78 is 5.81. The Morgan fingerprint density at radius 2 is 1.73 bits per heavy atom. The number of nitrogens with one attached hydrogen (secondary N) is 1. The standard InChI is InChI=1S/C20H21N3O2S/c1-12-6-9-16(10-7-12)19-22-23-20(26-19)21-18(24)15(4)25-17-11-13(2)5-8-14(17)3/h5-11,15H,1-4H3,(H,21,23,24)/t15-/m1/s1. The quantitative estimate of drug-likeness (QED) is 0.719. The second-order valence-corrected chi connectivity index (χ2v) is 7.27. The van der Waals surface area contributed by atoms with Crippen molar-refractivity contribution in [3.63, 3.8) is 0 Å². The third-order valence-electron chi connectivity index (χ3n) is 3.97. The Hall–Kier alpha value is -2.73. The minimum absolute atomic E-state index is 0.252. The summed E-state index contributed by atoms with van der Waals surface area (Å²) in [7, 11) is 0. The van der Waals surface area contributed by atoms with Gasteiger partial charge >= 0.3 is 0 Å². The van der Waals surface area contributed by atoms with Gasteiger partial charge in [0, 0.05) is 5.56 Å². The molecule has 2 aromatic carbocycles. The first-order valence-corrected chi connectivity index (χ1v) is 9.19. The fourth-order valence-corrected chi connectivity index (χ4v) is 3.12. The molecule has 6 heteroatoms. The van der Waals surface area contributed by atoms with Crippen LogP contribution in [-0.4, -0.2) is 22.2 Å². The smallest absolute Gasteiger partial charge is 0.266 e. The molecule has 5 nitrogen and oxygen atoms in total. The van der Waals surface area contributed by atoms with Gasteiger partial charge in [0.25, 0.3) is 5.91 Å². The summed E-state index contributed by atoms with van der Waals surface area (Å²) in [6.07, 6.45) is -0.637. The molecular formula is C20H21N3O2S. The summed E-state index contributed by atoms with van der Waals surface area (Å²) in [4.78, 5) is 12.4. The lowest BCUT2D eigenvalue weighted by molar-refractivity contribution is -0.122. The van der Waals surface area contributed by atoms with E-state index in [9.17, 15) is 4.79 Å². The van der Waals surface area contributed by atoms with Crippen molar-refractivity contribution >= 4 is 22.4 Å². The van der Waals surface area contributed by atoms with Gasteiger partial charge in [-0.2, -0.15) is 0 Å². The third-order valence-corrected chi connectivity index (χ3v) is 4.86. The summed E-state index contributed by atoms with van der Waals surface area (Å²) in [5, 5.41) is 12.2. The van der Waals surface area contributed by atoms with Crippen LogP contribution in [0, 0.1) is 20.8 Å². The predicted octanol–water partition coefficient (Wildman–Crippen LogP) is 4.54. The van der Waals surface area contributed by atoms with Gasteiger partial charge in [0.15, 0.2) is 6.10 Å². The van der Waals surface area contributed by atoms with Crippen molar-refractivity contribution in [2.24, 2.45) is 0 Å². The SMILES string of the molecule is Cc1ccc(-c2nnc(NC(=O)[C@@H](C)Oc3cc(C)ccc3C)s2)cc1. The molecule has 0 fully saturated rings. The molecule has 0 aliphatic rings. The predicted molar refractivity (Wildman–Crippen MR) is 105 cm³/mol. The Balaban J connectivity index is 1.66. The highest BCUT2D eigenvalue weighted by molar-refractivity contribution is 7.18. The fraction of sp³-hybridized carbons (Fsp3) is 0.250. The first kappa shape index (κ1) is 18.1. The Kier molecular flexibility index (Phi) is 5.32. The highest BCUT2D eigenvalue weighted by Crippen LogP contribution is 2.27. The number of amides is 1. The highest BCUT2D eigenvalue weighted by Gasteiger charge is 2.18. The molecule has 1 amide bonds. The molecule has 0 saturated heterocycles. The van der Waals surface area contributed by atoms with Crippen molar-refractivity contribution in [2.75, 3.05) is 5.32 Å². The molecule has 0 saturated carbocycles. The van der Waals surface area contributed by atoms with E-state index in [1.807, 2.05) is 63.2 Å². The van der Waals surface area contributed by atoms with Crippen LogP contribution in [-0.2, 0) is 4.79 Å². The minimum Gasteiger partial charge on any atom is -0.481 e. The average Bonchev–Trinajstić information content (AvgIpc) is 3.07. The monoisotopic (exact) mass is 367 g/mol. The van der Waals surface area contributed by atoms with Crippen molar-refractivity contribution < 1.29 is 9.53 Å². The topological polar surface area (TPSA) is 64.1 Å². The number of nitrogens with zero attached hydrogens (tertiary/aromatic N) is 2. The van der Waals surface area contributed by atoms with E-state index < -0.39 is 6.10 Å². The van der Waals surface area contributed by atoms with Crippen LogP contribution in [0.1, 0.15) is 23.6 Å². The van der Waals surface area contributed by atoms with Crippen LogP contribution < -0.4 is 10.1 Å². The number of hydrogen-bond acceptors (Lipinski definition) is 5. The molecule has 1 atom stereocenters. The zero-order chi connectivity index (χ0) is 18.7. The zero-order valence-corrected chi connectivity index (χ0v) is 16.1. The molecule has 1 heterocycles. The average molecular weight is 367 g/mol. The number of carbonyl (C=O) groups is 1. The van der Waals surface area contributed by atoms with Crippen LogP contribution in [0.15, 0.2) is 42.5 Å². The zero-order valence-electron chi connectivity index (χ0n) is 15.2. The third kappa shape index (κ3) is 4.26. The lowest BCUT2D eigenvalue weighted by Crippen LogP contribution is -2.30. The fourth-order valence-electron chi connectivity index (χ4n) is 2.37. The van der Waals surface area contributed by atoms with Gasteiger partial charge in [0.05, 0.1) is 0 Å². The van der Waals surface area contributed by atoms with Crippen LogP contribution in [0.25, 0.3) is 10.6 Å². The van der Waals surface area contributed by atoms with E-state index in [-0.39, 0.29) is 5.91 Å². The van der Waals surface area contributed by atoms with Gasteiger partial charge in [-0.15, -0.1) is 10.2 Å². The molecule has 1 aromatic heterocycles. The molecule has 0 spiro atoms. The number of rotatable bonds is 5. The van der Waals surface area contributed by atoms with E-state index in [1.165, 1.54) is 16.9 Å².